The van der Waals surface area contributed by atoms with Gasteiger partial charge >= 0.3 is 12.0 Å². The first kappa shape index (κ1) is 14.8. The molecule has 2 atom stereocenters. The zero-order valence-corrected chi connectivity index (χ0v) is 11.3. The van der Waals surface area contributed by atoms with E-state index in [9.17, 15) is 14.0 Å². The largest absolute Gasteiger partial charge is 0.481 e. The number of halogens is 1. The van der Waals surface area contributed by atoms with E-state index >= 15 is 0 Å². The molecule has 21 heavy (non-hydrogen) atoms. The molecule has 6 nitrogen and oxygen atoms in total. The van der Waals surface area contributed by atoms with E-state index in [0.29, 0.717) is 13.0 Å². The molecule has 1 fully saturated rings. The Hall–Kier alpha value is -2.62. The first-order valence-electron chi connectivity index (χ1n) is 6.44. The Morgan fingerprint density at radius 3 is 2.81 bits per heavy atom. The first-order chi connectivity index (χ1) is 9.93. The first-order valence-corrected chi connectivity index (χ1v) is 6.44. The van der Waals surface area contributed by atoms with Crippen molar-refractivity contribution in [1.82, 2.24) is 4.90 Å². The van der Waals surface area contributed by atoms with Gasteiger partial charge < -0.3 is 15.3 Å². The van der Waals surface area contributed by atoms with Crippen LogP contribution in [-0.4, -0.2) is 34.6 Å². The van der Waals surface area contributed by atoms with E-state index in [-0.39, 0.29) is 11.3 Å². The number of carbonyl (C=O) groups is 2. The van der Waals surface area contributed by atoms with Crippen LogP contribution in [0.3, 0.4) is 0 Å². The van der Waals surface area contributed by atoms with Gasteiger partial charge in [-0.3, -0.25) is 4.79 Å². The standard InChI is InChI=1S/C14H14FN3O3/c1-8-11(13(19)20)4-5-18(8)14(21)17-12-3-2-10(15)6-9(12)7-16/h2-3,6,8,11H,4-5H2,1H3,(H,17,21)(H,19,20). The molecule has 0 saturated carbocycles. The van der Waals surface area contributed by atoms with Crippen LogP contribution in [0.1, 0.15) is 18.9 Å². The number of hydrogen-bond donors (Lipinski definition) is 2. The Balaban J connectivity index is 2.13. The maximum Gasteiger partial charge on any atom is 0.322 e. The predicted octanol–water partition coefficient (Wildman–Crippen LogP) is 2.02. The van der Waals surface area contributed by atoms with E-state index in [2.05, 4.69) is 5.32 Å². The molecule has 0 spiro atoms. The molecule has 110 valence electrons. The summed E-state index contributed by atoms with van der Waals surface area (Å²) in [5, 5.41) is 20.5. The van der Waals surface area contributed by atoms with Crippen LogP contribution < -0.4 is 5.32 Å². The lowest BCUT2D eigenvalue weighted by molar-refractivity contribution is -0.142. The molecule has 0 aliphatic carbocycles. The average Bonchev–Trinajstić information content (AvgIpc) is 2.82. The highest BCUT2D eigenvalue weighted by molar-refractivity contribution is 5.91. The van der Waals surface area contributed by atoms with Crippen LogP contribution >= 0.6 is 0 Å². The molecule has 1 aromatic rings. The number of carbonyl (C=O) groups excluding carboxylic acids is 1. The van der Waals surface area contributed by atoms with Gasteiger partial charge in [0.25, 0.3) is 0 Å². The molecular weight excluding hydrogens is 277 g/mol. The average molecular weight is 291 g/mol. The van der Waals surface area contributed by atoms with Crippen molar-refractivity contribution in [3.8, 4) is 6.07 Å². The van der Waals surface area contributed by atoms with Crippen LogP contribution in [0.5, 0.6) is 0 Å². The number of likely N-dealkylation sites (tertiary alicyclic amines) is 1. The third-order valence-electron chi connectivity index (χ3n) is 3.68. The molecule has 2 amide bonds. The third-order valence-corrected chi connectivity index (χ3v) is 3.68. The lowest BCUT2D eigenvalue weighted by Gasteiger charge is -2.23. The van der Waals surface area contributed by atoms with Crippen molar-refractivity contribution in [2.24, 2.45) is 5.92 Å². The molecule has 2 unspecified atom stereocenters. The molecule has 1 aliphatic heterocycles. The van der Waals surface area contributed by atoms with Crippen molar-refractivity contribution in [1.29, 1.82) is 5.26 Å². The van der Waals surface area contributed by atoms with Crippen LogP contribution in [0.4, 0.5) is 14.9 Å². The number of rotatable bonds is 2. The number of carboxylic acid groups (broad SMARTS) is 1. The van der Waals surface area contributed by atoms with Crippen LogP contribution in [0.15, 0.2) is 18.2 Å². The van der Waals surface area contributed by atoms with Crippen molar-refractivity contribution in [2.45, 2.75) is 19.4 Å². The molecule has 0 bridgehead atoms. The van der Waals surface area contributed by atoms with Crippen LogP contribution in [0.25, 0.3) is 0 Å². The Morgan fingerprint density at radius 1 is 1.52 bits per heavy atom. The number of nitrogens with zero attached hydrogens (tertiary/aromatic N) is 2. The Bertz CT molecular complexity index is 626. The number of aliphatic carboxylic acids is 1. The van der Waals surface area contributed by atoms with E-state index in [0.717, 1.165) is 12.1 Å². The van der Waals surface area contributed by atoms with Gasteiger partial charge in [-0.1, -0.05) is 0 Å². The Kier molecular flexibility index (Phi) is 4.08. The lowest BCUT2D eigenvalue weighted by atomic mass is 10.0. The monoisotopic (exact) mass is 291 g/mol. The summed E-state index contributed by atoms with van der Waals surface area (Å²) in [6.45, 7) is 1.99. The zero-order valence-electron chi connectivity index (χ0n) is 11.3. The maximum atomic E-state index is 13.0. The van der Waals surface area contributed by atoms with Gasteiger partial charge in [-0.25, -0.2) is 9.18 Å². The molecule has 1 heterocycles. The minimum atomic E-state index is -0.933. The summed E-state index contributed by atoms with van der Waals surface area (Å²) in [7, 11) is 0. The fourth-order valence-corrected chi connectivity index (χ4v) is 2.46. The van der Waals surface area contributed by atoms with Gasteiger partial charge in [0.1, 0.15) is 11.9 Å². The summed E-state index contributed by atoms with van der Waals surface area (Å²) in [6.07, 6.45) is 0.387. The van der Waals surface area contributed by atoms with Crippen molar-refractivity contribution in [3.63, 3.8) is 0 Å². The van der Waals surface area contributed by atoms with Crippen LogP contribution in [0, 0.1) is 23.1 Å². The highest BCUT2D eigenvalue weighted by atomic mass is 19.1. The van der Waals surface area contributed by atoms with Crippen molar-refractivity contribution >= 4 is 17.7 Å². The second-order valence-corrected chi connectivity index (χ2v) is 4.90. The second-order valence-electron chi connectivity index (χ2n) is 4.90. The van der Waals surface area contributed by atoms with E-state index in [4.69, 9.17) is 10.4 Å². The van der Waals surface area contributed by atoms with Crippen molar-refractivity contribution in [3.05, 3.63) is 29.6 Å². The van der Waals surface area contributed by atoms with Gasteiger partial charge in [0.15, 0.2) is 0 Å². The highest BCUT2D eigenvalue weighted by Crippen LogP contribution is 2.25. The SMILES string of the molecule is CC1C(C(=O)O)CCN1C(=O)Nc1ccc(F)cc1C#N. The van der Waals surface area contributed by atoms with Gasteiger partial charge in [0, 0.05) is 12.6 Å². The van der Waals surface area contributed by atoms with Crippen molar-refractivity contribution in [2.75, 3.05) is 11.9 Å². The van der Waals surface area contributed by atoms with Gasteiger partial charge in [-0.15, -0.1) is 0 Å². The van der Waals surface area contributed by atoms with Crippen LogP contribution in [0.2, 0.25) is 0 Å². The molecule has 1 aliphatic rings. The van der Waals surface area contributed by atoms with Crippen molar-refractivity contribution < 1.29 is 19.1 Å². The lowest BCUT2D eigenvalue weighted by Crippen LogP contribution is -2.40. The smallest absolute Gasteiger partial charge is 0.322 e. The predicted molar refractivity (Wildman–Crippen MR) is 72.0 cm³/mol. The van der Waals surface area contributed by atoms with Gasteiger partial charge in [-0.2, -0.15) is 5.26 Å². The number of nitriles is 1. The number of amides is 2. The van der Waals surface area contributed by atoms with E-state index in [1.54, 1.807) is 13.0 Å². The fraction of sp³-hybridized carbons (Fsp3) is 0.357. The molecule has 7 heteroatoms. The minimum absolute atomic E-state index is 0.0185. The summed E-state index contributed by atoms with van der Waals surface area (Å²) in [4.78, 5) is 24.6. The maximum absolute atomic E-state index is 13.0. The number of benzene rings is 1. The summed E-state index contributed by atoms with van der Waals surface area (Å²) in [5.74, 6) is -2.10. The van der Waals surface area contributed by atoms with Crippen LogP contribution in [-0.2, 0) is 4.79 Å². The summed E-state index contributed by atoms with van der Waals surface area (Å²) in [6, 6.07) is 4.36. The number of anilines is 1. The number of hydrogen-bond acceptors (Lipinski definition) is 3. The molecule has 1 saturated heterocycles. The third kappa shape index (κ3) is 2.94. The number of nitrogens with one attached hydrogen (secondary N) is 1. The highest BCUT2D eigenvalue weighted by Gasteiger charge is 2.38. The molecule has 1 aromatic carbocycles. The summed E-state index contributed by atoms with van der Waals surface area (Å²) < 4.78 is 13.0. The van der Waals surface area contributed by atoms with E-state index in [1.165, 1.54) is 11.0 Å². The normalized spacial score (nSPS) is 20.9. The van der Waals surface area contributed by atoms with E-state index in [1.807, 2.05) is 0 Å². The van der Waals surface area contributed by atoms with E-state index < -0.39 is 29.8 Å². The van der Waals surface area contributed by atoms with Gasteiger partial charge in [0.05, 0.1) is 17.2 Å². The minimum Gasteiger partial charge on any atom is -0.481 e. The molecular formula is C14H14FN3O3. The number of carboxylic acids is 1. The summed E-state index contributed by atoms with van der Waals surface area (Å²) in [5.41, 5.74) is 0.222. The van der Waals surface area contributed by atoms with Gasteiger partial charge in [-0.05, 0) is 31.5 Å². The molecule has 2 rings (SSSR count). The molecule has 0 radical (unpaired) electrons. The topological polar surface area (TPSA) is 93.4 Å². The fourth-order valence-electron chi connectivity index (χ4n) is 2.46. The second kappa shape index (κ2) is 5.79. The summed E-state index contributed by atoms with van der Waals surface area (Å²) >= 11 is 0. The Labute approximate surface area is 120 Å². The Morgan fingerprint density at radius 2 is 2.24 bits per heavy atom. The quantitative estimate of drug-likeness (QED) is 0.871. The zero-order chi connectivity index (χ0) is 15.6. The number of urea groups is 1. The molecule has 0 aromatic heterocycles. The van der Waals surface area contributed by atoms with Gasteiger partial charge in [0.2, 0.25) is 0 Å². The molecule has 2 N–H and O–H groups in total.